The molecule has 11 heavy (non-hydrogen) atoms. The molecule has 1 aliphatic rings. The molecule has 0 aromatic heterocycles. The fourth-order valence-electron chi connectivity index (χ4n) is 1.06. The molecule has 1 aliphatic heterocycles. The number of alkyl halides is 2. The Labute approximate surface area is 62.4 Å². The van der Waals surface area contributed by atoms with Crippen LogP contribution in [0.1, 0.15) is 13.3 Å². The standard InChI is InChI=1S/C6H9F2NO2/c1-2-3-4(10)6(7,8)5(11)9-3/h3-4,10H,2H2,1H3,(H,9,11)/t3-,4+/m0/s1. The Hall–Kier alpha value is -0.710. The third-order valence-electron chi connectivity index (χ3n) is 1.81. The molecule has 2 atom stereocenters. The van der Waals surface area contributed by atoms with E-state index in [1.54, 1.807) is 6.92 Å². The fourth-order valence-corrected chi connectivity index (χ4v) is 1.06. The third-order valence-corrected chi connectivity index (χ3v) is 1.81. The molecule has 2 N–H and O–H groups in total. The second kappa shape index (κ2) is 2.41. The summed E-state index contributed by atoms with van der Waals surface area (Å²) < 4.78 is 25.0. The van der Waals surface area contributed by atoms with E-state index in [-0.39, 0.29) is 0 Å². The highest BCUT2D eigenvalue weighted by Gasteiger charge is 2.56. The number of carbonyl (C=O) groups is 1. The summed E-state index contributed by atoms with van der Waals surface area (Å²) in [4.78, 5) is 10.5. The average molecular weight is 165 g/mol. The smallest absolute Gasteiger partial charge is 0.351 e. The first-order chi connectivity index (χ1) is 5.00. The maximum Gasteiger partial charge on any atom is 0.351 e. The van der Waals surface area contributed by atoms with Gasteiger partial charge in [-0.05, 0) is 6.42 Å². The first-order valence-corrected chi connectivity index (χ1v) is 3.37. The molecule has 0 saturated carbocycles. The molecule has 0 spiro atoms. The second-order valence-electron chi connectivity index (χ2n) is 2.56. The molecule has 0 radical (unpaired) electrons. The molecule has 3 nitrogen and oxygen atoms in total. The van der Waals surface area contributed by atoms with Gasteiger partial charge in [0.2, 0.25) is 0 Å². The van der Waals surface area contributed by atoms with E-state index in [9.17, 15) is 13.6 Å². The average Bonchev–Trinajstić information content (AvgIpc) is 2.14. The number of carbonyl (C=O) groups excluding carboxylic acids is 1. The summed E-state index contributed by atoms with van der Waals surface area (Å²) in [7, 11) is 0. The first kappa shape index (κ1) is 8.39. The van der Waals surface area contributed by atoms with E-state index in [0.717, 1.165) is 0 Å². The predicted octanol–water partition coefficient (Wildman–Crippen LogP) is -0.109. The summed E-state index contributed by atoms with van der Waals surface area (Å²) in [5.74, 6) is -4.99. The van der Waals surface area contributed by atoms with Gasteiger partial charge in [-0.3, -0.25) is 4.79 Å². The molecule has 64 valence electrons. The van der Waals surface area contributed by atoms with Crippen LogP contribution in [0, 0.1) is 0 Å². The largest absolute Gasteiger partial charge is 0.384 e. The Morgan fingerprint density at radius 3 is 2.45 bits per heavy atom. The molecule has 0 aromatic carbocycles. The van der Waals surface area contributed by atoms with Gasteiger partial charge in [-0.25, -0.2) is 0 Å². The van der Waals surface area contributed by atoms with Gasteiger partial charge < -0.3 is 10.4 Å². The number of amides is 1. The van der Waals surface area contributed by atoms with E-state index in [1.165, 1.54) is 0 Å². The molecule has 0 unspecified atom stereocenters. The van der Waals surface area contributed by atoms with E-state index in [4.69, 9.17) is 5.11 Å². The minimum absolute atomic E-state index is 0.308. The highest BCUT2D eigenvalue weighted by Crippen LogP contribution is 2.28. The number of rotatable bonds is 1. The molecular formula is C6H9F2NO2. The van der Waals surface area contributed by atoms with Crippen molar-refractivity contribution in [3.63, 3.8) is 0 Å². The zero-order valence-corrected chi connectivity index (χ0v) is 5.97. The number of hydrogen-bond acceptors (Lipinski definition) is 2. The van der Waals surface area contributed by atoms with Crippen molar-refractivity contribution in [1.29, 1.82) is 0 Å². The van der Waals surface area contributed by atoms with Crippen LogP contribution in [0.2, 0.25) is 0 Å². The zero-order valence-electron chi connectivity index (χ0n) is 5.97. The van der Waals surface area contributed by atoms with Crippen LogP contribution in [0.25, 0.3) is 0 Å². The number of hydrogen-bond donors (Lipinski definition) is 2. The molecule has 1 amide bonds. The predicted molar refractivity (Wildman–Crippen MR) is 33.2 cm³/mol. The van der Waals surface area contributed by atoms with Crippen LogP contribution in [0.15, 0.2) is 0 Å². The number of nitrogens with one attached hydrogen (secondary N) is 1. The third kappa shape index (κ3) is 1.09. The van der Waals surface area contributed by atoms with E-state index in [0.29, 0.717) is 6.42 Å². The lowest BCUT2D eigenvalue weighted by molar-refractivity contribution is -0.150. The van der Waals surface area contributed by atoms with E-state index < -0.39 is 24.0 Å². The summed E-state index contributed by atoms with van der Waals surface area (Å²) in [6.07, 6.45) is -1.57. The minimum atomic E-state index is -3.61. The maximum absolute atomic E-state index is 12.5. The Bertz CT molecular complexity index is 183. The van der Waals surface area contributed by atoms with Crippen LogP contribution in [0.4, 0.5) is 8.78 Å². The van der Waals surface area contributed by atoms with Crippen molar-refractivity contribution in [3.8, 4) is 0 Å². The van der Waals surface area contributed by atoms with Gasteiger partial charge in [0, 0.05) is 0 Å². The lowest BCUT2D eigenvalue weighted by Crippen LogP contribution is -2.37. The Kier molecular flexibility index (Phi) is 1.83. The second-order valence-corrected chi connectivity index (χ2v) is 2.56. The Morgan fingerprint density at radius 2 is 2.27 bits per heavy atom. The molecule has 1 rings (SSSR count). The van der Waals surface area contributed by atoms with Crippen LogP contribution in [-0.2, 0) is 4.79 Å². The summed E-state index contributed by atoms with van der Waals surface area (Å²) >= 11 is 0. The van der Waals surface area contributed by atoms with Crippen LogP contribution >= 0.6 is 0 Å². The fraction of sp³-hybridized carbons (Fsp3) is 0.833. The van der Waals surface area contributed by atoms with Crippen molar-refractivity contribution in [2.24, 2.45) is 0 Å². The van der Waals surface area contributed by atoms with Gasteiger partial charge in [-0.2, -0.15) is 8.78 Å². The van der Waals surface area contributed by atoms with Crippen LogP contribution < -0.4 is 5.32 Å². The number of aliphatic hydroxyl groups is 1. The lowest BCUT2D eigenvalue weighted by Gasteiger charge is -2.13. The first-order valence-electron chi connectivity index (χ1n) is 3.37. The van der Waals surface area contributed by atoms with Crippen molar-refractivity contribution in [1.82, 2.24) is 5.32 Å². The van der Waals surface area contributed by atoms with Crippen molar-refractivity contribution in [3.05, 3.63) is 0 Å². The van der Waals surface area contributed by atoms with Gasteiger partial charge in [0.1, 0.15) is 6.10 Å². The van der Waals surface area contributed by atoms with Gasteiger partial charge in [0.05, 0.1) is 6.04 Å². The highest BCUT2D eigenvalue weighted by molar-refractivity contribution is 5.87. The molecule has 0 bridgehead atoms. The Morgan fingerprint density at radius 1 is 1.73 bits per heavy atom. The van der Waals surface area contributed by atoms with E-state index in [1.807, 2.05) is 5.32 Å². The summed E-state index contributed by atoms with van der Waals surface area (Å²) in [5.41, 5.74) is 0. The van der Waals surface area contributed by atoms with E-state index in [2.05, 4.69) is 0 Å². The molecule has 0 aromatic rings. The summed E-state index contributed by atoms with van der Waals surface area (Å²) in [6, 6.07) is -0.808. The maximum atomic E-state index is 12.5. The zero-order chi connectivity index (χ0) is 8.65. The van der Waals surface area contributed by atoms with Crippen molar-refractivity contribution >= 4 is 5.91 Å². The van der Waals surface area contributed by atoms with Crippen molar-refractivity contribution < 1.29 is 18.7 Å². The van der Waals surface area contributed by atoms with Gasteiger partial charge in [-0.15, -0.1) is 0 Å². The lowest BCUT2D eigenvalue weighted by atomic mass is 10.1. The summed E-state index contributed by atoms with van der Waals surface area (Å²) in [6.45, 7) is 1.62. The van der Waals surface area contributed by atoms with Crippen molar-refractivity contribution in [2.75, 3.05) is 0 Å². The molecule has 1 fully saturated rings. The van der Waals surface area contributed by atoms with Crippen molar-refractivity contribution in [2.45, 2.75) is 31.4 Å². The summed E-state index contributed by atoms with van der Waals surface area (Å²) in [5, 5.41) is 10.9. The normalized spacial score (nSPS) is 35.5. The van der Waals surface area contributed by atoms with Gasteiger partial charge in [-0.1, -0.05) is 6.92 Å². The Balaban J connectivity index is 2.80. The monoisotopic (exact) mass is 165 g/mol. The van der Waals surface area contributed by atoms with Crippen LogP contribution in [0.3, 0.4) is 0 Å². The number of aliphatic hydroxyl groups excluding tert-OH is 1. The molecule has 0 aliphatic carbocycles. The molecule has 1 heterocycles. The minimum Gasteiger partial charge on any atom is -0.384 e. The quantitative estimate of drug-likeness (QED) is 0.569. The highest BCUT2D eigenvalue weighted by atomic mass is 19.3. The van der Waals surface area contributed by atoms with Gasteiger partial charge in [0.15, 0.2) is 0 Å². The molecule has 1 saturated heterocycles. The molecular weight excluding hydrogens is 156 g/mol. The number of halogens is 2. The molecule has 5 heteroatoms. The SMILES string of the molecule is CC[C@@H]1NC(=O)C(F)(F)[C@@H]1O. The topological polar surface area (TPSA) is 49.3 Å². The van der Waals surface area contributed by atoms with E-state index >= 15 is 0 Å². The van der Waals surface area contributed by atoms with Crippen LogP contribution in [0.5, 0.6) is 0 Å². The van der Waals surface area contributed by atoms with Crippen LogP contribution in [-0.4, -0.2) is 29.1 Å². The van der Waals surface area contributed by atoms with Gasteiger partial charge >= 0.3 is 5.92 Å². The van der Waals surface area contributed by atoms with Gasteiger partial charge in [0.25, 0.3) is 5.91 Å².